The van der Waals surface area contributed by atoms with Crippen molar-refractivity contribution >= 4 is 11.8 Å². The van der Waals surface area contributed by atoms with E-state index in [2.05, 4.69) is 27.7 Å². The van der Waals surface area contributed by atoms with Gasteiger partial charge in [-0.3, -0.25) is 9.59 Å². The summed E-state index contributed by atoms with van der Waals surface area (Å²) < 4.78 is 45.7. The maximum Gasteiger partial charge on any atom is 0.308 e. The first-order chi connectivity index (χ1) is 27.3. The van der Waals surface area contributed by atoms with Crippen LogP contribution in [0, 0.1) is 41.4 Å². The van der Waals surface area contributed by atoms with Crippen LogP contribution in [0.25, 0.3) is 0 Å². The van der Waals surface area contributed by atoms with Crippen molar-refractivity contribution in [2.45, 2.75) is 224 Å². The molecule has 20 atom stereocenters. The average Bonchev–Trinajstić information content (AvgIpc) is 3.59. The number of methoxy groups -OCH3 is 2. The third-order valence-electron chi connectivity index (χ3n) is 16.1. The predicted molar refractivity (Wildman–Crippen MR) is 220 cm³/mol. The Bertz CT molecular complexity index is 1440. The van der Waals surface area contributed by atoms with Crippen LogP contribution in [0.15, 0.2) is 0 Å². The van der Waals surface area contributed by atoms with E-state index in [-0.39, 0.29) is 72.6 Å². The number of carbonyl (C=O) groups is 2. The van der Waals surface area contributed by atoms with Gasteiger partial charge in [-0.15, -0.1) is 0 Å². The van der Waals surface area contributed by atoms with Crippen molar-refractivity contribution in [3.63, 3.8) is 0 Å². The van der Waals surface area contributed by atoms with Crippen LogP contribution in [0.3, 0.4) is 0 Å². The molecule has 0 spiro atoms. The molecular weight excluding hydrogens is 760 g/mol. The number of Topliss-reactive ketones (excluding diaryl/α,β-unsaturated/α-hetero) is 1. The molecule has 0 aliphatic carbocycles. The predicted octanol–water partition coefficient (Wildman–Crippen LogP) is 6.44. The Morgan fingerprint density at radius 2 is 1.41 bits per heavy atom. The van der Waals surface area contributed by atoms with Gasteiger partial charge in [0.1, 0.15) is 5.60 Å². The Morgan fingerprint density at radius 3 is 2.00 bits per heavy atom. The van der Waals surface area contributed by atoms with Crippen molar-refractivity contribution in [2.24, 2.45) is 41.4 Å². The van der Waals surface area contributed by atoms with Crippen LogP contribution in [0.4, 0.5) is 0 Å². The molecule has 59 heavy (non-hydrogen) atoms. The Labute approximate surface area is 353 Å². The molecule has 4 N–H and O–H groups in total. The summed E-state index contributed by atoms with van der Waals surface area (Å²) in [5.41, 5.74) is -3.53. The number of rotatable bonds is 15. The summed E-state index contributed by atoms with van der Waals surface area (Å²) in [7, 11) is 3.26. The summed E-state index contributed by atoms with van der Waals surface area (Å²) in [6.45, 7) is 21.0. The third-order valence-corrected chi connectivity index (χ3v) is 16.1. The highest BCUT2D eigenvalue weighted by atomic mass is 16.7. The molecule has 13 nitrogen and oxygen atoms in total. The van der Waals surface area contributed by atoms with Gasteiger partial charge in [0.15, 0.2) is 17.4 Å². The molecule has 0 radical (unpaired) electrons. The molecule has 13 heteroatoms. The minimum atomic E-state index is -1.87. The SMILES string of the molecule is COC1(CC(O)C(C)C(=O)C(C)(O)C2CCC(C)(C3CCC(C)(O)C(C)O3)O2)OC(CC2(OC)OC(CC3CCC(C)C(C(C)C(=O)O)O3)C(C)CC2C)C(C)CC1C. The van der Waals surface area contributed by atoms with Crippen LogP contribution in [0.2, 0.25) is 0 Å². The fourth-order valence-electron chi connectivity index (χ4n) is 11.2. The Balaban J connectivity index is 1.25. The Morgan fingerprint density at radius 1 is 0.814 bits per heavy atom. The van der Waals surface area contributed by atoms with Crippen LogP contribution in [0.5, 0.6) is 0 Å². The van der Waals surface area contributed by atoms with Crippen molar-refractivity contribution in [2.75, 3.05) is 14.2 Å². The number of ether oxygens (including phenoxy) is 7. The van der Waals surface area contributed by atoms with Gasteiger partial charge in [-0.05, 0) is 104 Å². The second-order valence-electron chi connectivity index (χ2n) is 20.6. The van der Waals surface area contributed by atoms with E-state index in [0.717, 1.165) is 25.7 Å². The summed E-state index contributed by atoms with van der Waals surface area (Å²) in [4.78, 5) is 26.0. The van der Waals surface area contributed by atoms with E-state index in [1.165, 1.54) is 6.92 Å². The smallest absolute Gasteiger partial charge is 0.308 e. The maximum absolute atomic E-state index is 14.1. The Hall–Kier alpha value is -1.26. The van der Waals surface area contributed by atoms with Gasteiger partial charge in [0.2, 0.25) is 0 Å². The fourth-order valence-corrected chi connectivity index (χ4v) is 11.2. The minimum absolute atomic E-state index is 0.0112. The van der Waals surface area contributed by atoms with Gasteiger partial charge in [0, 0.05) is 51.2 Å². The number of aliphatic hydroxyl groups is 3. The number of carboxylic acids is 1. The molecule has 0 aromatic heterocycles. The Kier molecular flexibility index (Phi) is 15.3. The van der Waals surface area contributed by atoms with E-state index in [4.69, 9.17) is 33.2 Å². The summed E-state index contributed by atoms with van der Waals surface area (Å²) >= 11 is 0. The molecule has 342 valence electrons. The highest BCUT2D eigenvalue weighted by Crippen LogP contribution is 2.49. The summed E-state index contributed by atoms with van der Waals surface area (Å²) in [5, 5.41) is 44.0. The van der Waals surface area contributed by atoms with Gasteiger partial charge >= 0.3 is 5.97 Å². The fraction of sp³-hybridized carbons (Fsp3) is 0.957. The normalized spacial score (nSPS) is 47.2. The van der Waals surface area contributed by atoms with Crippen molar-refractivity contribution in [3.8, 4) is 0 Å². The van der Waals surface area contributed by atoms with Crippen LogP contribution in [-0.2, 0) is 42.7 Å². The lowest BCUT2D eigenvalue weighted by molar-refractivity contribution is -0.355. The topological polar surface area (TPSA) is 180 Å². The van der Waals surface area contributed by atoms with Crippen LogP contribution in [0.1, 0.15) is 147 Å². The summed E-state index contributed by atoms with van der Waals surface area (Å²) in [5.74, 6) is -4.72. The largest absolute Gasteiger partial charge is 0.481 e. The van der Waals surface area contributed by atoms with E-state index in [1.54, 1.807) is 35.0 Å². The lowest BCUT2D eigenvalue weighted by Gasteiger charge is -2.53. The van der Waals surface area contributed by atoms with E-state index in [1.807, 2.05) is 20.8 Å². The van der Waals surface area contributed by atoms with Crippen LogP contribution >= 0.6 is 0 Å². The van der Waals surface area contributed by atoms with Gasteiger partial charge in [-0.25, -0.2) is 0 Å². The number of hydrogen-bond donors (Lipinski definition) is 4. The molecule has 5 aliphatic rings. The van der Waals surface area contributed by atoms with Crippen molar-refractivity contribution in [1.29, 1.82) is 0 Å². The number of carbonyl (C=O) groups excluding carboxylic acids is 1. The molecule has 5 rings (SSSR count). The standard InChI is InChI=1S/C46H80O13/c1-25-14-15-33(56-39(25)31(7)41(49)50)22-35-26(2)20-29(5)46(54-13,57-35)24-36-27(3)21-28(4)45(53-12,58-36)23-34(47)30(6)40(48)44(11,52)38-17-19-43(10,59-38)37-16-18-42(9,51)32(8)55-37/h25-39,47,51-52H,14-24H2,1-13H3,(H,49,50). The number of ketones is 1. The van der Waals surface area contributed by atoms with Gasteiger partial charge in [-0.2, -0.15) is 0 Å². The number of aliphatic hydroxyl groups excluding tert-OH is 1. The molecule has 5 saturated heterocycles. The second-order valence-corrected chi connectivity index (χ2v) is 20.6. The first kappa shape index (κ1) is 48.8. The zero-order valence-electron chi connectivity index (χ0n) is 38.4. The van der Waals surface area contributed by atoms with Crippen LogP contribution < -0.4 is 0 Å². The molecule has 5 aliphatic heterocycles. The first-order valence-corrected chi connectivity index (χ1v) is 22.7. The second kappa shape index (κ2) is 18.5. The molecule has 0 saturated carbocycles. The van der Waals surface area contributed by atoms with Crippen molar-refractivity contribution in [3.05, 3.63) is 0 Å². The molecule has 5 heterocycles. The summed E-state index contributed by atoms with van der Waals surface area (Å²) in [6, 6.07) is 0. The van der Waals surface area contributed by atoms with Gasteiger partial charge in [-0.1, -0.05) is 41.5 Å². The van der Waals surface area contributed by atoms with Gasteiger partial charge in [0.05, 0.1) is 66.0 Å². The number of carboxylic acid groups (broad SMARTS) is 1. The average molecular weight is 841 g/mol. The van der Waals surface area contributed by atoms with Gasteiger partial charge in [0.25, 0.3) is 0 Å². The molecule has 5 fully saturated rings. The number of hydrogen-bond acceptors (Lipinski definition) is 12. The highest BCUT2D eigenvalue weighted by Gasteiger charge is 2.57. The molecule has 20 unspecified atom stereocenters. The van der Waals surface area contributed by atoms with Crippen LogP contribution in [-0.4, -0.2) is 124 Å². The van der Waals surface area contributed by atoms with Gasteiger partial charge < -0.3 is 53.6 Å². The molecular formula is C46H80O13. The zero-order valence-corrected chi connectivity index (χ0v) is 38.4. The van der Waals surface area contributed by atoms with Crippen molar-refractivity contribution < 1.29 is 63.2 Å². The molecule has 0 bridgehead atoms. The summed E-state index contributed by atoms with van der Waals surface area (Å²) in [6.07, 6.45) is 2.94. The van der Waals surface area contributed by atoms with E-state index >= 15 is 0 Å². The quantitative estimate of drug-likeness (QED) is 0.142. The van der Waals surface area contributed by atoms with E-state index in [0.29, 0.717) is 38.5 Å². The molecule has 0 aromatic carbocycles. The van der Waals surface area contributed by atoms with E-state index in [9.17, 15) is 30.0 Å². The third kappa shape index (κ3) is 9.95. The molecule has 0 amide bonds. The van der Waals surface area contributed by atoms with Crippen molar-refractivity contribution in [1.82, 2.24) is 0 Å². The highest BCUT2D eigenvalue weighted by molar-refractivity contribution is 5.89. The molecule has 0 aromatic rings. The maximum atomic E-state index is 14.1. The zero-order chi connectivity index (χ0) is 44.0. The lowest BCUT2D eigenvalue weighted by atomic mass is 9.74. The monoisotopic (exact) mass is 841 g/mol. The number of aliphatic carboxylic acids is 1. The minimum Gasteiger partial charge on any atom is -0.481 e. The first-order valence-electron chi connectivity index (χ1n) is 22.7. The lowest BCUT2D eigenvalue weighted by Crippen LogP contribution is -2.59. The van der Waals surface area contributed by atoms with E-state index < -0.39 is 64.2 Å².